The van der Waals surface area contributed by atoms with E-state index < -0.39 is 0 Å². The van der Waals surface area contributed by atoms with E-state index in [0.717, 1.165) is 0 Å². The molecule has 0 saturated heterocycles. The fourth-order valence-corrected chi connectivity index (χ4v) is 0. The fraction of sp³-hybridized carbons (Fsp3) is 1.00. The second kappa shape index (κ2) is 231. The third kappa shape index (κ3) is 50.2. The van der Waals surface area contributed by atoms with Crippen LogP contribution < -0.4 is 0 Å². The molecule has 0 unspecified atom stereocenters. The maximum absolute atomic E-state index is 0. The lowest BCUT2D eigenvalue weighted by Crippen LogP contribution is -0.290. The maximum Gasteiger partial charge on any atom is 0 e. The van der Waals surface area contributed by atoms with Crippen molar-refractivity contribution in [3.05, 3.63) is 0 Å². The van der Waals surface area contributed by atoms with Crippen molar-refractivity contribution < 1.29 is 13.8 Å². The van der Waals surface area contributed by atoms with Crippen LogP contribution in [0.5, 0.6) is 0 Å². The van der Waals surface area contributed by atoms with Gasteiger partial charge >= 0.3 is 0 Å². The lowest BCUT2D eigenvalue weighted by Gasteiger charge is -0.413. The molecule has 0 aromatic rings. The zero-order valence-corrected chi connectivity index (χ0v) is 2.50. The second-order valence-electron chi connectivity index (χ2n) is 0. The van der Waals surface area contributed by atoms with E-state index in [2.05, 4.69) is 0 Å². The molecular formula is CH14O2S. The second-order valence-corrected chi connectivity index (χ2v) is 0. The summed E-state index contributed by atoms with van der Waals surface area (Å²) >= 11 is 0. The highest BCUT2D eigenvalue weighted by molar-refractivity contribution is 7.59. The lowest BCUT2D eigenvalue weighted by atomic mass is 12.0. The van der Waals surface area contributed by atoms with E-state index in [-0.39, 0.29) is 34.7 Å². The number of hydrogen-bond acceptors (Lipinski definition) is 0. The normalized spacial score (nSPS) is 0. The topological polar surface area (TPSA) is 63.0 Å². The third-order valence-corrected chi connectivity index (χ3v) is 0. The van der Waals surface area contributed by atoms with Crippen molar-refractivity contribution in [3.63, 3.8) is 0 Å². The highest BCUT2D eigenvalue weighted by atomic mass is 32.1. The molecule has 0 aromatic heterocycles. The smallest absolute Gasteiger partial charge is 0 e. The summed E-state index contributed by atoms with van der Waals surface area (Å²) in [6.45, 7) is 0. The van der Waals surface area contributed by atoms with Crippen molar-refractivity contribution in [2.24, 2.45) is 0 Å². The molecular weight excluding hydrogens is 76.1 g/mol. The Morgan fingerprint density at radius 2 is 1.00 bits per heavy atom. The van der Waals surface area contributed by atoms with Crippen LogP contribution in [0.3, 0.4) is 0 Å². The van der Waals surface area contributed by atoms with Gasteiger partial charge in [0.25, 0.3) is 0 Å². The molecule has 0 aliphatic heterocycles. The molecule has 0 atom stereocenters. The van der Waals surface area contributed by atoms with E-state index in [1.165, 1.54) is 0 Å². The van der Waals surface area contributed by atoms with E-state index in [1.807, 2.05) is 0 Å². The Hall–Kier alpha value is 0.270. The van der Waals surface area contributed by atoms with Crippen LogP contribution in [0.25, 0.3) is 0 Å². The average Bonchev–Trinajstić information content (AvgIpc) is 0. The molecule has 3 heteroatoms. The predicted octanol–water partition coefficient (Wildman–Crippen LogP) is -0.409. The van der Waals surface area contributed by atoms with E-state index in [1.54, 1.807) is 0 Å². The van der Waals surface area contributed by atoms with Gasteiger partial charge in [0.05, 0.1) is 0 Å². The van der Waals surface area contributed by atoms with Crippen molar-refractivity contribution in [1.82, 2.24) is 0 Å². The number of rotatable bonds is 0. The van der Waals surface area contributed by atoms with Gasteiger partial charge in [0.1, 0.15) is 0 Å². The van der Waals surface area contributed by atoms with Crippen molar-refractivity contribution in [2.75, 3.05) is 0 Å². The minimum atomic E-state index is 0. The molecule has 0 spiro atoms. The highest BCUT2D eigenvalue weighted by Crippen LogP contribution is 0.648. The van der Waals surface area contributed by atoms with Crippen LogP contribution in [0.1, 0.15) is 10.3 Å². The average molecular weight is 90.2 g/mol. The van der Waals surface area contributed by atoms with Crippen molar-refractivity contribution in [3.8, 4) is 0 Å². The molecule has 0 aliphatic rings. The van der Waals surface area contributed by atoms with Crippen molar-refractivity contribution >= 4 is 13.5 Å². The van der Waals surface area contributed by atoms with Gasteiger partial charge in [-0.25, -0.2) is 0 Å². The van der Waals surface area contributed by atoms with Crippen molar-refractivity contribution in [2.45, 2.75) is 7.43 Å². The van der Waals surface area contributed by atoms with E-state index in [0.29, 0.717) is 0 Å². The fourth-order valence-electron chi connectivity index (χ4n) is 0. The Morgan fingerprint density at radius 1 is 1.00 bits per heavy atom. The first-order chi connectivity index (χ1) is 0. The molecule has 0 radical (unpaired) electrons. The van der Waals surface area contributed by atoms with Crippen LogP contribution in [0.4, 0.5) is 0 Å². The molecule has 0 rings (SSSR count). The van der Waals surface area contributed by atoms with Gasteiger partial charge < -0.3 is 11.0 Å². The molecule has 4 N–H and O–H groups in total. The van der Waals surface area contributed by atoms with Crippen LogP contribution in [-0.2, 0) is 0 Å². The van der Waals surface area contributed by atoms with Gasteiger partial charge in [-0.3, -0.25) is 0 Å². The minimum absolute atomic E-state index is 0. The molecule has 0 aromatic carbocycles. The summed E-state index contributed by atoms with van der Waals surface area (Å²) in [6, 6.07) is 0. The summed E-state index contributed by atoms with van der Waals surface area (Å²) in [4.78, 5) is 0. The Morgan fingerprint density at radius 3 is 1.00 bits per heavy atom. The van der Waals surface area contributed by atoms with Gasteiger partial charge in [-0.2, -0.15) is 13.5 Å². The maximum atomic E-state index is 0. The standard InChI is InChI=1S/CH4.2H2O.H2S.2H2/h1H4;3*1H2;2*1H. The molecule has 0 bridgehead atoms. The first kappa shape index (κ1) is 626. The zero-order valence-electron chi connectivity index (χ0n) is 1.50. The summed E-state index contributed by atoms with van der Waals surface area (Å²) < 4.78 is 0. The molecule has 0 fully saturated rings. The predicted molar refractivity (Wildman–Crippen MR) is 28.6 cm³/mol. The first-order valence-electron chi connectivity index (χ1n) is 0. The van der Waals surface area contributed by atoms with Gasteiger partial charge in [-0.1, -0.05) is 7.43 Å². The Labute approximate surface area is 35.9 Å². The zero-order chi connectivity index (χ0) is 0. The minimum Gasteiger partial charge on any atom is -0.412 e. The van der Waals surface area contributed by atoms with Crippen LogP contribution >= 0.6 is 13.5 Å². The summed E-state index contributed by atoms with van der Waals surface area (Å²) in [5.41, 5.74) is 0. The summed E-state index contributed by atoms with van der Waals surface area (Å²) in [6.07, 6.45) is 0. The number of hydrogen-bond donors (Lipinski definition) is 0. The largest absolute Gasteiger partial charge is 0.412 e. The van der Waals surface area contributed by atoms with Gasteiger partial charge in [0, 0.05) is 2.85 Å². The van der Waals surface area contributed by atoms with E-state index >= 15 is 0 Å². The van der Waals surface area contributed by atoms with Crippen LogP contribution in [-0.4, -0.2) is 11.0 Å². The quantitative estimate of drug-likeness (QED) is 0.388. The van der Waals surface area contributed by atoms with Crippen LogP contribution in [0.2, 0.25) is 0 Å². The molecule has 4 heavy (non-hydrogen) atoms. The molecule has 2 nitrogen and oxygen atoms in total. The first-order valence-corrected chi connectivity index (χ1v) is 0. The summed E-state index contributed by atoms with van der Waals surface area (Å²) in [5.74, 6) is 0. The van der Waals surface area contributed by atoms with Gasteiger partial charge in [0.15, 0.2) is 0 Å². The van der Waals surface area contributed by atoms with Crippen LogP contribution in [0, 0.1) is 0 Å². The SMILES string of the molecule is C.O.O.S.[HH].[HH]. The van der Waals surface area contributed by atoms with Gasteiger partial charge in [-0.05, 0) is 0 Å². The van der Waals surface area contributed by atoms with E-state index in [9.17, 15) is 0 Å². The highest BCUT2D eigenvalue weighted by Gasteiger charge is -0.0775. The molecule has 0 aliphatic carbocycles. The molecule has 0 saturated carbocycles. The Bertz CT molecular complexity index is 11.5. The molecule has 0 heterocycles. The Kier molecular flexibility index (Phi) is 36200. The Balaban J connectivity index is 0. The van der Waals surface area contributed by atoms with Gasteiger partial charge in [0.2, 0.25) is 0 Å². The lowest BCUT2D eigenvalue weighted by molar-refractivity contribution is 0.823. The monoisotopic (exact) mass is 90.1 g/mol. The van der Waals surface area contributed by atoms with Crippen molar-refractivity contribution in [1.29, 1.82) is 0 Å². The molecule has 36 valence electrons. The molecule has 0 amide bonds. The van der Waals surface area contributed by atoms with E-state index in [4.69, 9.17) is 0 Å². The third-order valence-electron chi connectivity index (χ3n) is 0. The van der Waals surface area contributed by atoms with Gasteiger partial charge in [-0.15, -0.1) is 0 Å². The summed E-state index contributed by atoms with van der Waals surface area (Å²) in [7, 11) is 0. The van der Waals surface area contributed by atoms with Crippen LogP contribution in [0.15, 0.2) is 0 Å². The summed E-state index contributed by atoms with van der Waals surface area (Å²) in [5, 5.41) is 0.